The topological polar surface area (TPSA) is 128 Å². The number of carbonyl (C=O) groups excluding carboxylic acids is 1. The van der Waals surface area contributed by atoms with Crippen molar-refractivity contribution in [3.8, 4) is 17.1 Å². The lowest BCUT2D eigenvalue weighted by atomic mass is 10.1. The number of fused-ring (bicyclic) bond motifs is 1. The van der Waals surface area contributed by atoms with Crippen LogP contribution in [0.15, 0.2) is 30.6 Å². The quantitative estimate of drug-likeness (QED) is 0.671. The molecule has 3 rings (SSSR count). The molecule has 3 aromatic heterocycles. The van der Waals surface area contributed by atoms with E-state index in [1.54, 1.807) is 18.3 Å². The molecule has 0 fully saturated rings. The number of carboxylic acid groups (broad SMARTS) is 1. The van der Waals surface area contributed by atoms with E-state index in [0.29, 0.717) is 22.7 Å². The number of aromatic nitrogens is 4. The molecule has 0 bridgehead atoms. The lowest BCUT2D eigenvalue weighted by Crippen LogP contribution is -2.17. The van der Waals surface area contributed by atoms with Crippen molar-refractivity contribution in [1.29, 1.82) is 0 Å². The normalized spacial score (nSPS) is 10.7. The van der Waals surface area contributed by atoms with Crippen molar-refractivity contribution in [3.63, 3.8) is 0 Å². The number of carboxylic acids is 1. The maximum atomic E-state index is 11.6. The molecule has 0 saturated heterocycles. The zero-order chi connectivity index (χ0) is 18.7. The summed E-state index contributed by atoms with van der Waals surface area (Å²) < 4.78 is 11.2. The highest BCUT2D eigenvalue weighted by Crippen LogP contribution is 2.23. The Balaban J connectivity index is 1.95. The number of ether oxygens (including phenoxy) is 2. The highest BCUT2D eigenvalue weighted by molar-refractivity contribution is 5.92. The van der Waals surface area contributed by atoms with E-state index in [4.69, 9.17) is 9.47 Å². The molecule has 0 atom stereocenters. The van der Waals surface area contributed by atoms with E-state index < -0.39 is 5.97 Å². The average Bonchev–Trinajstić information content (AvgIpc) is 3.02. The van der Waals surface area contributed by atoms with Gasteiger partial charge in [0.1, 0.15) is 12.2 Å². The van der Waals surface area contributed by atoms with Crippen LogP contribution in [0.5, 0.6) is 5.88 Å². The van der Waals surface area contributed by atoms with E-state index in [0.717, 1.165) is 0 Å². The van der Waals surface area contributed by atoms with E-state index in [9.17, 15) is 14.7 Å². The number of aromatic carboxylic acids is 1. The Morgan fingerprint density at radius 1 is 1.31 bits per heavy atom. The maximum Gasteiger partial charge on any atom is 0.341 e. The minimum absolute atomic E-state index is 0.0214. The number of pyridine rings is 1. The minimum Gasteiger partial charge on any atom is -0.480 e. The molecule has 0 saturated carbocycles. The first-order chi connectivity index (χ1) is 12.5. The number of anilines is 1. The van der Waals surface area contributed by atoms with Gasteiger partial charge in [0, 0.05) is 18.9 Å². The Labute approximate surface area is 147 Å². The van der Waals surface area contributed by atoms with E-state index in [1.807, 2.05) is 0 Å². The largest absolute Gasteiger partial charge is 0.480 e. The summed E-state index contributed by atoms with van der Waals surface area (Å²) in [6, 6.07) is 4.80. The van der Waals surface area contributed by atoms with E-state index in [1.165, 1.54) is 31.0 Å². The average molecular weight is 357 g/mol. The highest BCUT2D eigenvalue weighted by atomic mass is 16.5. The van der Waals surface area contributed by atoms with Crippen LogP contribution >= 0.6 is 0 Å². The van der Waals surface area contributed by atoms with Crippen molar-refractivity contribution < 1.29 is 24.2 Å². The molecule has 10 nitrogen and oxygen atoms in total. The second kappa shape index (κ2) is 7.15. The molecule has 10 heteroatoms. The van der Waals surface area contributed by atoms with Crippen LogP contribution in [-0.2, 0) is 9.53 Å². The molecule has 0 spiro atoms. The van der Waals surface area contributed by atoms with Crippen LogP contribution in [0.25, 0.3) is 16.9 Å². The Bertz CT molecular complexity index is 984. The number of methoxy groups -OCH3 is 2. The molecule has 134 valence electrons. The van der Waals surface area contributed by atoms with Crippen molar-refractivity contribution in [2.24, 2.45) is 0 Å². The van der Waals surface area contributed by atoms with Crippen LogP contribution in [-0.4, -0.2) is 57.4 Å². The third-order valence-electron chi connectivity index (χ3n) is 3.43. The van der Waals surface area contributed by atoms with Gasteiger partial charge in [-0.15, -0.1) is 0 Å². The molecular weight excluding hydrogens is 342 g/mol. The van der Waals surface area contributed by atoms with Gasteiger partial charge in [-0.1, -0.05) is 0 Å². The summed E-state index contributed by atoms with van der Waals surface area (Å²) in [7, 11) is 2.77. The number of imidazole rings is 1. The lowest BCUT2D eigenvalue weighted by Gasteiger charge is -2.06. The summed E-state index contributed by atoms with van der Waals surface area (Å²) in [5.74, 6) is -1.13. The van der Waals surface area contributed by atoms with E-state index in [-0.39, 0.29) is 24.0 Å². The number of carbonyl (C=O) groups is 2. The van der Waals surface area contributed by atoms with Gasteiger partial charge in [-0.05, 0) is 18.2 Å². The van der Waals surface area contributed by atoms with E-state index >= 15 is 0 Å². The van der Waals surface area contributed by atoms with Crippen LogP contribution in [0.2, 0.25) is 0 Å². The van der Waals surface area contributed by atoms with E-state index in [2.05, 4.69) is 20.4 Å². The van der Waals surface area contributed by atoms with Crippen LogP contribution < -0.4 is 10.1 Å². The third kappa shape index (κ3) is 3.44. The molecule has 0 radical (unpaired) electrons. The molecule has 0 aromatic carbocycles. The first kappa shape index (κ1) is 17.3. The zero-order valence-electron chi connectivity index (χ0n) is 14.0. The van der Waals surface area contributed by atoms with Gasteiger partial charge in [-0.2, -0.15) is 5.10 Å². The number of rotatable bonds is 6. The second-order valence-corrected chi connectivity index (χ2v) is 5.21. The predicted molar refractivity (Wildman–Crippen MR) is 90.2 cm³/mol. The van der Waals surface area contributed by atoms with Crippen LogP contribution in [0.1, 0.15) is 10.4 Å². The molecule has 3 heterocycles. The van der Waals surface area contributed by atoms with Gasteiger partial charge in [0.2, 0.25) is 5.88 Å². The fraction of sp³-hybridized carbons (Fsp3) is 0.188. The van der Waals surface area contributed by atoms with Gasteiger partial charge in [-0.3, -0.25) is 4.79 Å². The SMILES string of the molecule is COCC(=O)Nc1cn2nc(-c3cnc(OC)c(C(=O)O)c3)ccc2n1. The predicted octanol–water partition coefficient (Wildman–Crippen LogP) is 1.08. The van der Waals surface area contributed by atoms with Gasteiger partial charge in [0.05, 0.1) is 19.0 Å². The highest BCUT2D eigenvalue weighted by Gasteiger charge is 2.15. The summed E-state index contributed by atoms with van der Waals surface area (Å²) in [5, 5.41) is 16.2. The van der Waals surface area contributed by atoms with Gasteiger partial charge in [-0.25, -0.2) is 19.3 Å². The van der Waals surface area contributed by atoms with Crippen molar-refractivity contribution in [2.75, 3.05) is 26.1 Å². The first-order valence-electron chi connectivity index (χ1n) is 7.44. The summed E-state index contributed by atoms with van der Waals surface area (Å²) in [6.45, 7) is -0.0813. The number of hydrogen-bond donors (Lipinski definition) is 2. The molecule has 1 amide bonds. The molecule has 0 aliphatic carbocycles. The van der Waals surface area contributed by atoms with Crippen molar-refractivity contribution >= 4 is 23.3 Å². The van der Waals surface area contributed by atoms with Crippen LogP contribution in [0.4, 0.5) is 5.82 Å². The Kier molecular flexibility index (Phi) is 4.76. The first-order valence-corrected chi connectivity index (χ1v) is 7.44. The zero-order valence-corrected chi connectivity index (χ0v) is 14.0. The van der Waals surface area contributed by atoms with Crippen molar-refractivity contribution in [1.82, 2.24) is 19.6 Å². The second-order valence-electron chi connectivity index (χ2n) is 5.21. The Morgan fingerprint density at radius 3 is 2.81 bits per heavy atom. The molecule has 3 aromatic rings. The number of amides is 1. The molecule has 0 unspecified atom stereocenters. The molecular formula is C16H15N5O5. The van der Waals surface area contributed by atoms with Crippen molar-refractivity contribution in [2.45, 2.75) is 0 Å². The number of nitrogens with one attached hydrogen (secondary N) is 1. The molecule has 0 aliphatic heterocycles. The molecule has 2 N–H and O–H groups in total. The smallest absolute Gasteiger partial charge is 0.341 e. The lowest BCUT2D eigenvalue weighted by molar-refractivity contribution is -0.119. The third-order valence-corrected chi connectivity index (χ3v) is 3.43. The fourth-order valence-corrected chi connectivity index (χ4v) is 2.31. The summed E-state index contributed by atoms with van der Waals surface area (Å²) in [5.41, 5.74) is 1.44. The molecule has 0 aliphatic rings. The van der Waals surface area contributed by atoms with Gasteiger partial charge < -0.3 is 19.9 Å². The summed E-state index contributed by atoms with van der Waals surface area (Å²) in [4.78, 5) is 31.1. The maximum absolute atomic E-state index is 11.6. The summed E-state index contributed by atoms with van der Waals surface area (Å²) in [6.07, 6.45) is 3.01. The Hall–Kier alpha value is -3.53. The van der Waals surface area contributed by atoms with Gasteiger partial charge >= 0.3 is 5.97 Å². The monoisotopic (exact) mass is 357 g/mol. The fourth-order valence-electron chi connectivity index (χ4n) is 2.31. The molecule has 26 heavy (non-hydrogen) atoms. The van der Waals surface area contributed by atoms with Gasteiger partial charge in [0.25, 0.3) is 5.91 Å². The number of hydrogen-bond acceptors (Lipinski definition) is 7. The van der Waals surface area contributed by atoms with Crippen LogP contribution in [0.3, 0.4) is 0 Å². The van der Waals surface area contributed by atoms with Crippen LogP contribution in [0, 0.1) is 0 Å². The standard InChI is InChI=1S/C16H15N5O5/c1-25-8-14(22)19-12-7-21-13(18-12)4-3-11(20-21)9-5-10(16(23)24)15(26-2)17-6-9/h3-7H,8H2,1-2H3,(H,19,22)(H,23,24). The Morgan fingerprint density at radius 2 is 2.12 bits per heavy atom. The number of nitrogens with zero attached hydrogens (tertiary/aromatic N) is 4. The summed E-state index contributed by atoms with van der Waals surface area (Å²) >= 11 is 0. The van der Waals surface area contributed by atoms with Crippen molar-refractivity contribution in [3.05, 3.63) is 36.2 Å². The van der Waals surface area contributed by atoms with Gasteiger partial charge in [0.15, 0.2) is 11.5 Å². The minimum atomic E-state index is -1.15.